The molecular formula is C11H14F3NO. The summed E-state index contributed by atoms with van der Waals surface area (Å²) in [5.41, 5.74) is 6.10. The lowest BCUT2D eigenvalue weighted by molar-refractivity contribution is -0.135. The Balaban J connectivity index is 2.19. The Morgan fingerprint density at radius 3 is 2.44 bits per heavy atom. The average molecular weight is 233 g/mol. The molecule has 16 heavy (non-hydrogen) atoms. The number of nitrogen functional groups attached to an aromatic ring is 1. The van der Waals surface area contributed by atoms with Gasteiger partial charge in [-0.1, -0.05) is 12.1 Å². The second kappa shape index (κ2) is 5.63. The third kappa shape index (κ3) is 4.91. The molecule has 90 valence electrons. The second-order valence-electron chi connectivity index (χ2n) is 3.46. The van der Waals surface area contributed by atoms with Crippen LogP contribution in [0.5, 0.6) is 5.75 Å². The van der Waals surface area contributed by atoms with E-state index in [9.17, 15) is 13.2 Å². The van der Waals surface area contributed by atoms with Crippen molar-refractivity contribution in [2.45, 2.75) is 25.4 Å². The minimum Gasteiger partial charge on any atom is -0.491 e. The molecule has 5 heteroatoms. The number of halogens is 3. The molecule has 0 spiro atoms. The van der Waals surface area contributed by atoms with Gasteiger partial charge in [0.1, 0.15) is 5.75 Å². The van der Waals surface area contributed by atoms with E-state index in [0.717, 1.165) is 0 Å². The van der Waals surface area contributed by atoms with Crippen molar-refractivity contribution < 1.29 is 17.9 Å². The Kier molecular flexibility index (Phi) is 4.46. The number of para-hydroxylation sites is 2. The maximum absolute atomic E-state index is 11.8. The highest BCUT2D eigenvalue weighted by Crippen LogP contribution is 2.23. The molecule has 1 rings (SSSR count). The van der Waals surface area contributed by atoms with Gasteiger partial charge in [0.05, 0.1) is 12.3 Å². The summed E-state index contributed by atoms with van der Waals surface area (Å²) < 4.78 is 40.7. The monoisotopic (exact) mass is 233 g/mol. The van der Waals surface area contributed by atoms with Crippen LogP contribution in [0.25, 0.3) is 0 Å². The predicted octanol–water partition coefficient (Wildman–Crippen LogP) is 3.38. The summed E-state index contributed by atoms with van der Waals surface area (Å²) in [6.45, 7) is 0.254. The van der Waals surface area contributed by atoms with E-state index < -0.39 is 12.6 Å². The SMILES string of the molecule is Nc1ccccc1OCCCCC(F)(F)F. The highest BCUT2D eigenvalue weighted by Gasteiger charge is 2.25. The fourth-order valence-corrected chi connectivity index (χ4v) is 1.22. The van der Waals surface area contributed by atoms with Crippen molar-refractivity contribution in [2.24, 2.45) is 0 Å². The third-order valence-electron chi connectivity index (χ3n) is 2.03. The van der Waals surface area contributed by atoms with Crippen molar-refractivity contribution in [3.05, 3.63) is 24.3 Å². The van der Waals surface area contributed by atoms with Gasteiger partial charge < -0.3 is 10.5 Å². The van der Waals surface area contributed by atoms with Gasteiger partial charge in [-0.25, -0.2) is 0 Å². The molecule has 1 aromatic carbocycles. The first kappa shape index (κ1) is 12.7. The molecule has 0 fully saturated rings. The van der Waals surface area contributed by atoms with Crippen LogP contribution >= 0.6 is 0 Å². The number of alkyl halides is 3. The topological polar surface area (TPSA) is 35.2 Å². The van der Waals surface area contributed by atoms with Gasteiger partial charge in [0.2, 0.25) is 0 Å². The Morgan fingerprint density at radius 2 is 1.81 bits per heavy atom. The summed E-state index contributed by atoms with van der Waals surface area (Å²) in [6, 6.07) is 6.91. The van der Waals surface area contributed by atoms with Gasteiger partial charge >= 0.3 is 6.18 Å². The van der Waals surface area contributed by atoms with Crippen LogP contribution < -0.4 is 10.5 Å². The molecule has 1 aromatic rings. The lowest BCUT2D eigenvalue weighted by Gasteiger charge is -2.09. The zero-order valence-electron chi connectivity index (χ0n) is 8.76. The van der Waals surface area contributed by atoms with Gasteiger partial charge in [0.25, 0.3) is 0 Å². The van der Waals surface area contributed by atoms with Gasteiger partial charge in [-0.3, -0.25) is 0 Å². The van der Waals surface area contributed by atoms with Crippen molar-refractivity contribution in [3.8, 4) is 5.75 Å². The minimum absolute atomic E-state index is 0.0796. The Bertz CT molecular complexity index is 325. The molecule has 0 unspecified atom stereocenters. The summed E-state index contributed by atoms with van der Waals surface area (Å²) in [7, 11) is 0. The van der Waals surface area contributed by atoms with Crippen molar-refractivity contribution in [3.63, 3.8) is 0 Å². The smallest absolute Gasteiger partial charge is 0.389 e. The summed E-state index contributed by atoms with van der Waals surface area (Å²) in [6.07, 6.45) is -4.39. The first-order valence-electron chi connectivity index (χ1n) is 5.03. The number of benzene rings is 1. The van der Waals surface area contributed by atoms with Crippen LogP contribution in [-0.2, 0) is 0 Å². The largest absolute Gasteiger partial charge is 0.491 e. The van der Waals surface area contributed by atoms with E-state index in [2.05, 4.69) is 0 Å². The van der Waals surface area contributed by atoms with Crippen LogP contribution in [0.15, 0.2) is 24.3 Å². The molecule has 0 saturated carbocycles. The first-order chi connectivity index (χ1) is 7.49. The standard InChI is InChI=1S/C11H14F3NO/c12-11(13,14)7-3-4-8-16-10-6-2-1-5-9(10)15/h1-2,5-6H,3-4,7-8,15H2. The van der Waals surface area contributed by atoms with Crippen LogP contribution in [0.1, 0.15) is 19.3 Å². The first-order valence-corrected chi connectivity index (χ1v) is 5.03. The number of hydrogen-bond donors (Lipinski definition) is 1. The van der Waals surface area contributed by atoms with Crippen LogP contribution in [-0.4, -0.2) is 12.8 Å². The van der Waals surface area contributed by atoms with Gasteiger partial charge in [-0.2, -0.15) is 13.2 Å². The number of anilines is 1. The fourth-order valence-electron chi connectivity index (χ4n) is 1.22. The zero-order valence-corrected chi connectivity index (χ0v) is 8.76. The van der Waals surface area contributed by atoms with Gasteiger partial charge in [-0.05, 0) is 25.0 Å². The highest BCUT2D eigenvalue weighted by atomic mass is 19.4. The number of rotatable bonds is 5. The Hall–Kier alpha value is -1.39. The molecular weight excluding hydrogens is 219 g/mol. The molecule has 0 aromatic heterocycles. The molecule has 2 nitrogen and oxygen atoms in total. The minimum atomic E-state index is -4.08. The van der Waals surface area contributed by atoms with Crippen molar-refractivity contribution >= 4 is 5.69 Å². The lowest BCUT2D eigenvalue weighted by atomic mass is 10.2. The number of ether oxygens (including phenoxy) is 1. The van der Waals surface area contributed by atoms with E-state index in [1.165, 1.54) is 0 Å². The molecule has 0 aliphatic carbocycles. The number of unbranched alkanes of at least 4 members (excludes halogenated alkanes) is 1. The van der Waals surface area contributed by atoms with Gasteiger partial charge in [-0.15, -0.1) is 0 Å². The van der Waals surface area contributed by atoms with E-state index in [4.69, 9.17) is 10.5 Å². The third-order valence-corrected chi connectivity index (χ3v) is 2.03. The average Bonchev–Trinajstić information content (AvgIpc) is 2.18. The van der Waals surface area contributed by atoms with Crippen molar-refractivity contribution in [1.82, 2.24) is 0 Å². The fraction of sp³-hybridized carbons (Fsp3) is 0.455. The zero-order chi connectivity index (χ0) is 12.0. The van der Waals surface area contributed by atoms with E-state index >= 15 is 0 Å². The summed E-state index contributed by atoms with van der Waals surface area (Å²) in [4.78, 5) is 0. The number of hydrogen-bond acceptors (Lipinski definition) is 2. The van der Waals surface area contributed by atoms with Crippen molar-refractivity contribution in [1.29, 1.82) is 0 Å². The molecule has 2 N–H and O–H groups in total. The van der Waals surface area contributed by atoms with Gasteiger partial charge in [0.15, 0.2) is 0 Å². The summed E-state index contributed by atoms with van der Waals surface area (Å²) >= 11 is 0. The summed E-state index contributed by atoms with van der Waals surface area (Å²) in [5, 5.41) is 0. The van der Waals surface area contributed by atoms with E-state index in [1.54, 1.807) is 24.3 Å². The van der Waals surface area contributed by atoms with Crippen LogP contribution in [0.3, 0.4) is 0 Å². The Morgan fingerprint density at radius 1 is 1.12 bits per heavy atom. The maximum Gasteiger partial charge on any atom is 0.389 e. The predicted molar refractivity (Wildman–Crippen MR) is 56.3 cm³/mol. The molecule has 0 aliphatic rings. The van der Waals surface area contributed by atoms with E-state index in [1.807, 2.05) is 0 Å². The molecule has 0 atom stereocenters. The van der Waals surface area contributed by atoms with Crippen LogP contribution in [0.2, 0.25) is 0 Å². The molecule has 0 amide bonds. The molecule has 0 aliphatic heterocycles. The quantitative estimate of drug-likeness (QED) is 0.625. The molecule has 0 radical (unpaired) electrons. The Labute approximate surface area is 92.2 Å². The molecule has 0 bridgehead atoms. The van der Waals surface area contributed by atoms with Crippen molar-refractivity contribution in [2.75, 3.05) is 12.3 Å². The second-order valence-corrected chi connectivity index (χ2v) is 3.46. The lowest BCUT2D eigenvalue weighted by Crippen LogP contribution is -2.08. The normalized spacial score (nSPS) is 11.4. The maximum atomic E-state index is 11.8. The highest BCUT2D eigenvalue weighted by molar-refractivity contribution is 5.51. The van der Waals surface area contributed by atoms with Crippen LogP contribution in [0.4, 0.5) is 18.9 Å². The van der Waals surface area contributed by atoms with Gasteiger partial charge in [0, 0.05) is 6.42 Å². The van der Waals surface area contributed by atoms with Crippen LogP contribution in [0, 0.1) is 0 Å². The molecule has 0 heterocycles. The van der Waals surface area contributed by atoms with E-state index in [-0.39, 0.29) is 13.0 Å². The van der Waals surface area contributed by atoms with E-state index in [0.29, 0.717) is 17.9 Å². The number of nitrogens with two attached hydrogens (primary N) is 1. The summed E-state index contributed by atoms with van der Waals surface area (Å²) in [5.74, 6) is 0.523. The molecule has 0 saturated heterocycles.